The highest BCUT2D eigenvalue weighted by Gasteiger charge is 2.25. The summed E-state index contributed by atoms with van der Waals surface area (Å²) in [6.45, 7) is 8.13. The Labute approximate surface area is 80.2 Å². The highest BCUT2D eigenvalue weighted by Crippen LogP contribution is 2.21. The van der Waals surface area contributed by atoms with Crippen LogP contribution in [-0.2, 0) is 9.47 Å². The zero-order valence-corrected chi connectivity index (χ0v) is 8.08. The van der Waals surface area contributed by atoms with Crippen LogP contribution in [0.1, 0.15) is 25.7 Å². The molecule has 1 rings (SSSR count). The molecule has 1 aliphatic heterocycles. The Morgan fingerprint density at radius 2 is 2.31 bits per heavy atom. The van der Waals surface area contributed by atoms with Crippen molar-refractivity contribution >= 4 is 0 Å². The summed E-state index contributed by atoms with van der Waals surface area (Å²) < 4.78 is 11.0. The van der Waals surface area contributed by atoms with Gasteiger partial charge in [0.1, 0.15) is 6.10 Å². The molecular weight excluding hydrogens is 164 g/mol. The zero-order chi connectivity index (χ0) is 9.52. The minimum atomic E-state index is 0.200. The summed E-state index contributed by atoms with van der Waals surface area (Å²) in [5, 5.41) is 0. The molecule has 1 aliphatic rings. The smallest absolute Gasteiger partial charge is 0.124 e. The largest absolute Gasteiger partial charge is 0.496 e. The van der Waals surface area contributed by atoms with Crippen LogP contribution >= 0.6 is 0 Å². The lowest BCUT2D eigenvalue weighted by molar-refractivity contribution is -0.0809. The molecule has 0 spiro atoms. The van der Waals surface area contributed by atoms with Gasteiger partial charge in [0.05, 0.1) is 12.4 Å². The van der Waals surface area contributed by atoms with Crippen LogP contribution in [0.2, 0.25) is 0 Å². The van der Waals surface area contributed by atoms with Gasteiger partial charge in [0.2, 0.25) is 0 Å². The monoisotopic (exact) mass is 182 g/mol. The van der Waals surface area contributed by atoms with Crippen LogP contribution in [0.25, 0.3) is 0 Å². The van der Waals surface area contributed by atoms with Crippen LogP contribution in [0, 0.1) is 0 Å². The predicted molar refractivity (Wildman–Crippen MR) is 53.5 cm³/mol. The summed E-state index contributed by atoms with van der Waals surface area (Å²) >= 11 is 0. The van der Waals surface area contributed by atoms with E-state index in [4.69, 9.17) is 9.47 Å². The van der Waals surface area contributed by atoms with E-state index in [1.807, 2.05) is 6.08 Å². The summed E-state index contributed by atoms with van der Waals surface area (Å²) in [5.41, 5.74) is 0. The summed E-state index contributed by atoms with van der Waals surface area (Å²) in [7, 11) is 0. The second-order valence-corrected chi connectivity index (χ2v) is 3.26. The molecule has 0 radical (unpaired) electrons. The Bertz CT molecular complexity index is 165. The minimum Gasteiger partial charge on any atom is -0.496 e. The van der Waals surface area contributed by atoms with E-state index >= 15 is 0 Å². The summed E-state index contributed by atoms with van der Waals surface area (Å²) in [5.74, 6) is 0. The first-order valence-corrected chi connectivity index (χ1v) is 4.87. The molecule has 0 unspecified atom stereocenters. The normalized spacial score (nSPS) is 28.0. The first-order valence-electron chi connectivity index (χ1n) is 4.87. The highest BCUT2D eigenvalue weighted by molar-refractivity contribution is 4.80. The van der Waals surface area contributed by atoms with E-state index in [1.165, 1.54) is 6.26 Å². The lowest BCUT2D eigenvalue weighted by Crippen LogP contribution is -2.35. The number of rotatable bonds is 5. The molecule has 0 saturated carbocycles. The van der Waals surface area contributed by atoms with E-state index < -0.39 is 0 Å². The van der Waals surface area contributed by atoms with E-state index in [2.05, 4.69) is 13.2 Å². The Balaban J connectivity index is 2.36. The van der Waals surface area contributed by atoms with Gasteiger partial charge >= 0.3 is 0 Å². The molecule has 0 aliphatic carbocycles. The molecule has 0 bridgehead atoms. The predicted octanol–water partition coefficient (Wildman–Crippen LogP) is 2.66. The fourth-order valence-electron chi connectivity index (χ4n) is 1.64. The van der Waals surface area contributed by atoms with Gasteiger partial charge in [-0.15, -0.1) is 6.58 Å². The van der Waals surface area contributed by atoms with E-state index in [9.17, 15) is 0 Å². The first kappa shape index (κ1) is 10.3. The van der Waals surface area contributed by atoms with E-state index in [1.54, 1.807) is 0 Å². The number of hydrogen-bond donors (Lipinski definition) is 0. The van der Waals surface area contributed by atoms with Crippen molar-refractivity contribution < 1.29 is 9.47 Å². The van der Waals surface area contributed by atoms with Gasteiger partial charge in [-0.25, -0.2) is 0 Å². The third kappa shape index (κ3) is 3.23. The van der Waals surface area contributed by atoms with Crippen molar-refractivity contribution in [2.45, 2.75) is 37.9 Å². The van der Waals surface area contributed by atoms with Crippen LogP contribution < -0.4 is 0 Å². The molecule has 2 nitrogen and oxygen atoms in total. The van der Waals surface area contributed by atoms with Crippen LogP contribution in [0.15, 0.2) is 25.5 Å². The second kappa shape index (κ2) is 5.81. The molecule has 0 N–H and O–H groups in total. The van der Waals surface area contributed by atoms with Crippen molar-refractivity contribution in [3.8, 4) is 0 Å². The molecule has 2 heteroatoms. The maximum atomic E-state index is 5.62. The Morgan fingerprint density at radius 3 is 3.00 bits per heavy atom. The molecule has 0 aromatic carbocycles. The van der Waals surface area contributed by atoms with Crippen molar-refractivity contribution in [3.05, 3.63) is 25.5 Å². The molecular formula is C11H18O2. The fourth-order valence-corrected chi connectivity index (χ4v) is 1.64. The lowest BCUT2D eigenvalue weighted by Gasteiger charge is -2.30. The van der Waals surface area contributed by atoms with Crippen LogP contribution in [0.3, 0.4) is 0 Å². The van der Waals surface area contributed by atoms with E-state index in [-0.39, 0.29) is 12.2 Å². The van der Waals surface area contributed by atoms with Crippen molar-refractivity contribution in [1.29, 1.82) is 0 Å². The average Bonchev–Trinajstić information content (AvgIpc) is 2.17. The minimum absolute atomic E-state index is 0.200. The molecule has 13 heavy (non-hydrogen) atoms. The molecule has 0 amide bonds. The fraction of sp³-hybridized carbons (Fsp3) is 0.636. The average molecular weight is 182 g/mol. The quantitative estimate of drug-likeness (QED) is 0.480. The van der Waals surface area contributed by atoms with Gasteiger partial charge in [-0.05, 0) is 25.7 Å². The molecule has 1 fully saturated rings. The van der Waals surface area contributed by atoms with Gasteiger partial charge in [0.25, 0.3) is 0 Å². The van der Waals surface area contributed by atoms with Crippen molar-refractivity contribution in [2.24, 2.45) is 0 Å². The number of allylic oxidation sites excluding steroid dienone is 1. The third-order valence-corrected chi connectivity index (χ3v) is 2.31. The van der Waals surface area contributed by atoms with Gasteiger partial charge in [0, 0.05) is 6.61 Å². The van der Waals surface area contributed by atoms with Gasteiger partial charge in [-0.3, -0.25) is 0 Å². The van der Waals surface area contributed by atoms with Gasteiger partial charge in [-0.1, -0.05) is 12.7 Å². The Hall–Kier alpha value is -0.760. The number of hydrogen-bond acceptors (Lipinski definition) is 2. The molecule has 74 valence electrons. The topological polar surface area (TPSA) is 18.5 Å². The Kier molecular flexibility index (Phi) is 4.61. The van der Waals surface area contributed by atoms with Gasteiger partial charge < -0.3 is 9.47 Å². The van der Waals surface area contributed by atoms with E-state index in [0.29, 0.717) is 0 Å². The summed E-state index contributed by atoms with van der Waals surface area (Å²) in [6.07, 6.45) is 8.01. The van der Waals surface area contributed by atoms with Crippen molar-refractivity contribution in [2.75, 3.05) is 6.61 Å². The lowest BCUT2D eigenvalue weighted by atomic mass is 10.0. The van der Waals surface area contributed by atoms with Gasteiger partial charge in [0.15, 0.2) is 0 Å². The standard InChI is InChI=1S/C11H18O2/c1-3-5-7-11-10(12-4-2)8-6-9-13-11/h3-4,10-11H,1-2,5-9H2/t10-,11+/m1/s1. The summed E-state index contributed by atoms with van der Waals surface area (Å²) in [6, 6.07) is 0. The highest BCUT2D eigenvalue weighted by atomic mass is 16.5. The van der Waals surface area contributed by atoms with Gasteiger partial charge in [-0.2, -0.15) is 0 Å². The summed E-state index contributed by atoms with van der Waals surface area (Å²) in [4.78, 5) is 0. The molecule has 0 aromatic heterocycles. The van der Waals surface area contributed by atoms with E-state index in [0.717, 1.165) is 32.3 Å². The maximum absolute atomic E-state index is 5.62. The van der Waals surface area contributed by atoms with Crippen LogP contribution in [-0.4, -0.2) is 18.8 Å². The zero-order valence-electron chi connectivity index (χ0n) is 8.08. The second-order valence-electron chi connectivity index (χ2n) is 3.26. The number of ether oxygens (including phenoxy) is 2. The van der Waals surface area contributed by atoms with Crippen molar-refractivity contribution in [3.63, 3.8) is 0 Å². The molecule has 2 atom stereocenters. The molecule has 1 heterocycles. The molecule has 0 aromatic rings. The SMILES string of the molecule is C=CCC[C@@H]1OCCC[C@H]1OC=C. The molecule has 1 saturated heterocycles. The first-order chi connectivity index (χ1) is 6.38. The van der Waals surface area contributed by atoms with Crippen molar-refractivity contribution in [1.82, 2.24) is 0 Å². The maximum Gasteiger partial charge on any atom is 0.124 e. The Morgan fingerprint density at radius 1 is 1.46 bits per heavy atom. The van der Waals surface area contributed by atoms with Crippen LogP contribution in [0.4, 0.5) is 0 Å². The third-order valence-electron chi connectivity index (χ3n) is 2.31. The van der Waals surface area contributed by atoms with Crippen LogP contribution in [0.5, 0.6) is 0 Å².